The molecular weight excluding hydrogens is 407 g/mol. The van der Waals surface area contributed by atoms with Crippen LogP contribution >= 0.6 is 24.0 Å². The van der Waals surface area contributed by atoms with Crippen LogP contribution in [0.1, 0.15) is 38.6 Å². The maximum Gasteiger partial charge on any atom is 0.194 e. The monoisotopic (exact) mass is 436 g/mol. The summed E-state index contributed by atoms with van der Waals surface area (Å²) in [7, 11) is 0. The molecule has 1 saturated heterocycles. The van der Waals surface area contributed by atoms with E-state index < -0.39 is 0 Å². The molecule has 6 nitrogen and oxygen atoms in total. The summed E-state index contributed by atoms with van der Waals surface area (Å²) in [5, 5.41) is 7.37. The Bertz CT molecular complexity index is 478. The van der Waals surface area contributed by atoms with E-state index in [1.54, 1.807) is 0 Å². The number of rotatable bonds is 7. The molecule has 0 aromatic carbocycles. The molecule has 0 bridgehead atoms. The maximum absolute atomic E-state index is 5.54. The third-order valence-electron chi connectivity index (χ3n) is 3.83. The highest BCUT2D eigenvalue weighted by Gasteiger charge is 2.24. The van der Waals surface area contributed by atoms with Gasteiger partial charge in [0.05, 0.1) is 12.3 Å². The average molecular weight is 436 g/mol. The minimum Gasteiger partial charge on any atom is -0.381 e. The van der Waals surface area contributed by atoms with Crippen LogP contribution in [0.15, 0.2) is 15.6 Å². The topological polar surface area (TPSA) is 62.9 Å². The summed E-state index contributed by atoms with van der Waals surface area (Å²) in [4.78, 5) is 6.99. The second-order valence-corrected chi connectivity index (χ2v) is 5.57. The van der Waals surface area contributed by atoms with Gasteiger partial charge in [-0.3, -0.25) is 0 Å². The van der Waals surface area contributed by atoms with Crippen LogP contribution in [0.2, 0.25) is 0 Å². The molecule has 7 heteroatoms. The predicted octanol–water partition coefficient (Wildman–Crippen LogP) is 2.68. The lowest BCUT2D eigenvalue weighted by Crippen LogP contribution is -2.40. The van der Waals surface area contributed by atoms with E-state index in [-0.39, 0.29) is 24.0 Å². The summed E-state index contributed by atoms with van der Waals surface area (Å²) in [6, 6.07) is 1.98. The Balaban J connectivity index is 0.00000264. The van der Waals surface area contributed by atoms with Crippen LogP contribution in [0.3, 0.4) is 0 Å². The van der Waals surface area contributed by atoms with Gasteiger partial charge in [-0.2, -0.15) is 0 Å². The standard InChI is InChI=1S/C16H28N4O2.HI/c1-4-14-9-15(22-19-14)10-18-16(17-5-2)20-8-7-13(11-20)12-21-6-3;/h9,13H,4-8,10-12H2,1-3H3,(H,17,18);1H. The first-order chi connectivity index (χ1) is 10.8. The largest absolute Gasteiger partial charge is 0.381 e. The molecule has 0 amide bonds. The highest BCUT2D eigenvalue weighted by atomic mass is 127. The van der Waals surface area contributed by atoms with E-state index in [4.69, 9.17) is 9.26 Å². The third kappa shape index (κ3) is 6.29. The number of guanidine groups is 1. The van der Waals surface area contributed by atoms with Crippen molar-refractivity contribution in [2.75, 3.05) is 32.8 Å². The molecule has 2 rings (SSSR count). The lowest BCUT2D eigenvalue weighted by Gasteiger charge is -2.21. The van der Waals surface area contributed by atoms with Gasteiger partial charge in [0.15, 0.2) is 11.7 Å². The van der Waals surface area contributed by atoms with E-state index in [1.165, 1.54) is 0 Å². The van der Waals surface area contributed by atoms with Crippen molar-refractivity contribution >= 4 is 29.9 Å². The lowest BCUT2D eigenvalue weighted by atomic mass is 10.1. The number of nitrogens with zero attached hydrogens (tertiary/aromatic N) is 3. The Morgan fingerprint density at radius 1 is 1.48 bits per heavy atom. The summed E-state index contributed by atoms with van der Waals surface area (Å²) in [5.74, 6) is 2.37. The number of aromatic nitrogens is 1. The molecule has 1 aromatic heterocycles. The second kappa shape index (κ2) is 10.9. The molecule has 0 saturated carbocycles. The van der Waals surface area contributed by atoms with E-state index in [9.17, 15) is 0 Å². The Morgan fingerprint density at radius 3 is 2.96 bits per heavy atom. The molecule has 1 aliphatic heterocycles. The van der Waals surface area contributed by atoms with Gasteiger partial charge < -0.3 is 19.5 Å². The van der Waals surface area contributed by atoms with Gasteiger partial charge in [0.2, 0.25) is 0 Å². The van der Waals surface area contributed by atoms with Gasteiger partial charge in [-0.15, -0.1) is 24.0 Å². The van der Waals surface area contributed by atoms with Gasteiger partial charge in [-0.05, 0) is 26.7 Å². The van der Waals surface area contributed by atoms with Crippen LogP contribution in [-0.4, -0.2) is 48.9 Å². The van der Waals surface area contributed by atoms with E-state index in [1.807, 2.05) is 13.0 Å². The van der Waals surface area contributed by atoms with Crippen LogP contribution in [0.4, 0.5) is 0 Å². The highest BCUT2D eigenvalue weighted by molar-refractivity contribution is 14.0. The molecule has 2 heterocycles. The zero-order chi connectivity index (χ0) is 15.8. The molecule has 1 N–H and O–H groups in total. The molecule has 1 fully saturated rings. The SMILES string of the molecule is CCNC(=NCc1cc(CC)no1)N1CCC(COCC)C1.I. The van der Waals surface area contributed by atoms with Crippen molar-refractivity contribution in [2.24, 2.45) is 10.9 Å². The summed E-state index contributed by atoms with van der Waals surface area (Å²) in [6.07, 6.45) is 2.05. The quantitative estimate of drug-likeness (QED) is 0.405. The van der Waals surface area contributed by atoms with Gasteiger partial charge >= 0.3 is 0 Å². The fourth-order valence-corrected chi connectivity index (χ4v) is 2.62. The number of aliphatic imine (C=N–C) groups is 1. The van der Waals surface area contributed by atoms with Gasteiger partial charge in [-0.25, -0.2) is 4.99 Å². The van der Waals surface area contributed by atoms with Gasteiger partial charge in [0.25, 0.3) is 0 Å². The molecule has 1 aliphatic rings. The van der Waals surface area contributed by atoms with Crippen LogP contribution in [0.5, 0.6) is 0 Å². The van der Waals surface area contributed by atoms with Crippen molar-refractivity contribution in [3.8, 4) is 0 Å². The van der Waals surface area contributed by atoms with E-state index in [0.717, 1.165) is 63.1 Å². The molecule has 0 radical (unpaired) electrons. The first kappa shape index (κ1) is 20.2. The predicted molar refractivity (Wildman–Crippen MR) is 102 cm³/mol. The number of hydrogen-bond acceptors (Lipinski definition) is 4. The molecule has 23 heavy (non-hydrogen) atoms. The Hall–Kier alpha value is -0.830. The van der Waals surface area contributed by atoms with Crippen LogP contribution in [-0.2, 0) is 17.7 Å². The number of aryl methyl sites for hydroxylation is 1. The summed E-state index contributed by atoms with van der Waals surface area (Å²) < 4.78 is 10.8. The highest BCUT2D eigenvalue weighted by Crippen LogP contribution is 2.17. The molecule has 0 spiro atoms. The zero-order valence-electron chi connectivity index (χ0n) is 14.4. The third-order valence-corrected chi connectivity index (χ3v) is 3.83. The van der Waals surface area contributed by atoms with E-state index >= 15 is 0 Å². The smallest absolute Gasteiger partial charge is 0.194 e. The van der Waals surface area contributed by atoms with Crippen LogP contribution in [0.25, 0.3) is 0 Å². The minimum absolute atomic E-state index is 0. The van der Waals surface area contributed by atoms with Crippen molar-refractivity contribution in [1.29, 1.82) is 0 Å². The number of likely N-dealkylation sites (tertiary alicyclic amines) is 1. The van der Waals surface area contributed by atoms with Gasteiger partial charge in [0.1, 0.15) is 6.54 Å². The first-order valence-corrected chi connectivity index (χ1v) is 8.32. The fourth-order valence-electron chi connectivity index (χ4n) is 2.62. The van der Waals surface area contributed by atoms with Crippen LogP contribution in [0, 0.1) is 5.92 Å². The Morgan fingerprint density at radius 2 is 2.30 bits per heavy atom. The zero-order valence-corrected chi connectivity index (χ0v) is 16.7. The number of ether oxygens (including phenoxy) is 1. The summed E-state index contributed by atoms with van der Waals surface area (Å²) in [6.45, 7) is 11.3. The lowest BCUT2D eigenvalue weighted by molar-refractivity contribution is 0.114. The van der Waals surface area contributed by atoms with E-state index in [2.05, 4.69) is 34.2 Å². The van der Waals surface area contributed by atoms with Crippen molar-refractivity contribution in [3.63, 3.8) is 0 Å². The van der Waals surface area contributed by atoms with Crippen LogP contribution < -0.4 is 5.32 Å². The first-order valence-electron chi connectivity index (χ1n) is 8.32. The minimum atomic E-state index is 0. The molecule has 1 aromatic rings. The molecular formula is C16H29IN4O2. The van der Waals surface area contributed by atoms with Crippen molar-refractivity contribution in [2.45, 2.75) is 40.2 Å². The van der Waals surface area contributed by atoms with Crippen molar-refractivity contribution in [3.05, 3.63) is 17.5 Å². The number of hydrogen-bond donors (Lipinski definition) is 1. The van der Waals surface area contributed by atoms with Crippen molar-refractivity contribution in [1.82, 2.24) is 15.4 Å². The summed E-state index contributed by atoms with van der Waals surface area (Å²) in [5.41, 5.74) is 0.980. The Labute approximate surface area is 156 Å². The second-order valence-electron chi connectivity index (χ2n) is 5.57. The van der Waals surface area contributed by atoms with Gasteiger partial charge in [-0.1, -0.05) is 12.1 Å². The maximum atomic E-state index is 5.54. The molecule has 1 unspecified atom stereocenters. The van der Waals surface area contributed by atoms with Gasteiger partial charge in [0, 0.05) is 38.2 Å². The normalized spacial score (nSPS) is 18.1. The molecule has 1 atom stereocenters. The number of halogens is 1. The number of nitrogens with one attached hydrogen (secondary N) is 1. The molecule has 0 aliphatic carbocycles. The Kier molecular flexibility index (Phi) is 9.54. The summed E-state index contributed by atoms with van der Waals surface area (Å²) >= 11 is 0. The van der Waals surface area contributed by atoms with E-state index in [0.29, 0.717) is 12.5 Å². The molecule has 132 valence electrons. The fraction of sp³-hybridized carbons (Fsp3) is 0.750. The van der Waals surface area contributed by atoms with Crippen molar-refractivity contribution < 1.29 is 9.26 Å². The average Bonchev–Trinajstić information content (AvgIpc) is 3.18.